The number of carbonyl (C=O) groups is 1. The maximum absolute atomic E-state index is 12.6. The Morgan fingerprint density at radius 2 is 1.76 bits per heavy atom. The van der Waals surface area contributed by atoms with E-state index in [4.69, 9.17) is 5.73 Å². The van der Waals surface area contributed by atoms with Crippen molar-refractivity contribution in [2.75, 3.05) is 5.73 Å². The molecule has 5 rings (SSSR count). The Balaban J connectivity index is 1.23. The number of sulfonamides is 1. The summed E-state index contributed by atoms with van der Waals surface area (Å²) in [6.45, 7) is 6.89. The summed E-state index contributed by atoms with van der Waals surface area (Å²) in [6.07, 6.45) is 8.41. The number of aliphatic hydroxyl groups excluding tert-OH is 2. The van der Waals surface area contributed by atoms with Crippen LogP contribution in [0.15, 0.2) is 29.2 Å². The second-order valence-corrected chi connectivity index (χ2v) is 15.2. The van der Waals surface area contributed by atoms with Crippen LogP contribution in [0.5, 0.6) is 0 Å². The van der Waals surface area contributed by atoms with E-state index in [2.05, 4.69) is 25.5 Å². The van der Waals surface area contributed by atoms with E-state index in [-0.39, 0.29) is 40.3 Å². The first kappa shape index (κ1) is 27.9. The number of aliphatic hydroxyl groups is 2. The van der Waals surface area contributed by atoms with E-state index in [0.29, 0.717) is 41.7 Å². The summed E-state index contributed by atoms with van der Waals surface area (Å²) in [5.74, 6) is 2.19. The van der Waals surface area contributed by atoms with Crippen LogP contribution in [0.1, 0.15) is 85.0 Å². The van der Waals surface area contributed by atoms with Crippen molar-refractivity contribution in [3.05, 3.63) is 24.3 Å². The molecular formula is C30H46N2O5S. The highest BCUT2D eigenvalue weighted by molar-refractivity contribution is 7.90. The van der Waals surface area contributed by atoms with Gasteiger partial charge in [-0.3, -0.25) is 4.79 Å². The molecule has 10 atom stereocenters. The topological polar surface area (TPSA) is 130 Å². The van der Waals surface area contributed by atoms with Crippen LogP contribution in [-0.2, 0) is 14.8 Å². The molecule has 0 heterocycles. The maximum Gasteiger partial charge on any atom is 0.264 e. The van der Waals surface area contributed by atoms with E-state index >= 15 is 0 Å². The van der Waals surface area contributed by atoms with Crippen LogP contribution in [0.25, 0.3) is 0 Å². The largest absolute Gasteiger partial charge is 0.399 e. The van der Waals surface area contributed by atoms with Gasteiger partial charge >= 0.3 is 0 Å². The molecule has 8 heteroatoms. The van der Waals surface area contributed by atoms with Crippen molar-refractivity contribution in [1.82, 2.24) is 4.72 Å². The number of nitrogens with one attached hydrogen (secondary N) is 1. The molecular weight excluding hydrogens is 500 g/mol. The van der Waals surface area contributed by atoms with Gasteiger partial charge in [0.05, 0.1) is 17.1 Å². The van der Waals surface area contributed by atoms with Crippen LogP contribution in [0.4, 0.5) is 5.69 Å². The average molecular weight is 547 g/mol. The average Bonchev–Trinajstić information content (AvgIpc) is 3.22. The van der Waals surface area contributed by atoms with E-state index in [1.165, 1.54) is 37.1 Å². The molecule has 0 radical (unpaired) electrons. The number of benzene rings is 1. The zero-order chi connectivity index (χ0) is 27.5. The minimum absolute atomic E-state index is 0.0232. The van der Waals surface area contributed by atoms with Crippen molar-refractivity contribution in [3.63, 3.8) is 0 Å². The molecule has 38 heavy (non-hydrogen) atoms. The van der Waals surface area contributed by atoms with Gasteiger partial charge in [0, 0.05) is 12.1 Å². The molecule has 1 amide bonds. The summed E-state index contributed by atoms with van der Waals surface area (Å²) in [6, 6.07) is 5.80. The first-order chi connectivity index (χ1) is 17.9. The summed E-state index contributed by atoms with van der Waals surface area (Å²) in [7, 11) is -3.93. The van der Waals surface area contributed by atoms with Crippen molar-refractivity contribution in [3.8, 4) is 0 Å². The molecule has 7 nitrogen and oxygen atoms in total. The SMILES string of the molecule is C[C@@H](CCC(=O)NS(=O)(=O)c1ccc(N)cc1)[C@H]1CC[C@H]2[C@@H]3CC[C@H]4C[C@@H](O)CC[C@]4(C)[C@H]3C[C@H](O)[C@]12C. The molecule has 0 aliphatic heterocycles. The number of nitrogens with two attached hydrogens (primary N) is 1. The molecule has 5 N–H and O–H groups in total. The van der Waals surface area contributed by atoms with Gasteiger partial charge in [-0.25, -0.2) is 13.1 Å². The number of hydrogen-bond donors (Lipinski definition) is 4. The lowest BCUT2D eigenvalue weighted by atomic mass is 9.43. The minimum Gasteiger partial charge on any atom is -0.399 e. The molecule has 4 aliphatic carbocycles. The minimum atomic E-state index is -3.93. The smallest absolute Gasteiger partial charge is 0.264 e. The van der Waals surface area contributed by atoms with Gasteiger partial charge in [0.2, 0.25) is 5.91 Å². The third-order valence-corrected chi connectivity index (χ3v) is 13.2. The molecule has 4 aliphatic rings. The molecule has 212 valence electrons. The Kier molecular flexibility index (Phi) is 7.40. The molecule has 0 saturated heterocycles. The monoisotopic (exact) mass is 546 g/mol. The summed E-state index contributed by atoms with van der Waals surface area (Å²) in [4.78, 5) is 12.7. The zero-order valence-electron chi connectivity index (χ0n) is 23.1. The molecule has 4 fully saturated rings. The Morgan fingerprint density at radius 1 is 1.05 bits per heavy atom. The van der Waals surface area contributed by atoms with E-state index < -0.39 is 15.9 Å². The predicted molar refractivity (Wildman–Crippen MR) is 147 cm³/mol. The number of nitrogen functional groups attached to an aromatic ring is 1. The summed E-state index contributed by atoms with van der Waals surface area (Å²) in [5.41, 5.74) is 6.14. The molecule has 4 saturated carbocycles. The second kappa shape index (κ2) is 10.1. The second-order valence-electron chi connectivity index (χ2n) is 13.5. The predicted octanol–water partition coefficient (Wildman–Crippen LogP) is 4.48. The fraction of sp³-hybridized carbons (Fsp3) is 0.767. The Morgan fingerprint density at radius 3 is 2.47 bits per heavy atom. The van der Waals surface area contributed by atoms with Crippen molar-refractivity contribution < 1.29 is 23.4 Å². The van der Waals surface area contributed by atoms with Gasteiger partial charge in [-0.05, 0) is 128 Å². The van der Waals surface area contributed by atoms with Gasteiger partial charge in [-0.2, -0.15) is 0 Å². The van der Waals surface area contributed by atoms with Gasteiger partial charge < -0.3 is 15.9 Å². The number of rotatable bonds is 6. The van der Waals surface area contributed by atoms with Gasteiger partial charge in [0.25, 0.3) is 10.0 Å². The van der Waals surface area contributed by atoms with Crippen LogP contribution >= 0.6 is 0 Å². The first-order valence-electron chi connectivity index (χ1n) is 14.6. The molecule has 1 aromatic rings. The Bertz CT molecular complexity index is 1140. The summed E-state index contributed by atoms with van der Waals surface area (Å²) in [5, 5.41) is 22.0. The molecule has 0 unspecified atom stereocenters. The normalized spacial score (nSPS) is 41.4. The van der Waals surface area contributed by atoms with E-state index in [1.807, 2.05) is 0 Å². The number of amides is 1. The van der Waals surface area contributed by atoms with Crippen LogP contribution in [0, 0.1) is 46.3 Å². The molecule has 1 aromatic carbocycles. The lowest BCUT2D eigenvalue weighted by Gasteiger charge is -2.62. The standard InChI is InChI=1S/C30H46N2O5S/c1-18(4-13-28(35)32-38(36,37)22-8-6-20(31)7-9-22)24-11-12-25-23-10-5-19-16-21(33)14-15-29(19,2)26(23)17-27(34)30(24,25)3/h6-9,18-19,21,23-27,33-34H,4-5,10-17,31H2,1-3H3,(H,32,35)/t18-,19-,21-,23-,24+,25-,26-,27-,29-,30+/m0/s1. The summed E-state index contributed by atoms with van der Waals surface area (Å²) < 4.78 is 27.4. The van der Waals surface area contributed by atoms with Crippen molar-refractivity contribution in [2.24, 2.45) is 46.3 Å². The lowest BCUT2D eigenvalue weighted by Crippen LogP contribution is -2.58. The zero-order valence-corrected chi connectivity index (χ0v) is 23.9. The van der Waals surface area contributed by atoms with Crippen molar-refractivity contribution in [2.45, 2.75) is 102 Å². The highest BCUT2D eigenvalue weighted by Crippen LogP contribution is 2.68. The molecule has 0 bridgehead atoms. The van der Waals surface area contributed by atoms with Crippen LogP contribution < -0.4 is 10.5 Å². The fourth-order valence-electron chi connectivity index (χ4n) is 9.63. The fourth-order valence-corrected chi connectivity index (χ4v) is 10.6. The number of carbonyl (C=O) groups excluding carboxylic acids is 1. The highest BCUT2D eigenvalue weighted by atomic mass is 32.2. The van der Waals surface area contributed by atoms with Gasteiger partial charge in [0.15, 0.2) is 0 Å². The highest BCUT2D eigenvalue weighted by Gasteiger charge is 2.63. The Hall–Kier alpha value is -1.64. The van der Waals surface area contributed by atoms with E-state index in [0.717, 1.165) is 38.5 Å². The van der Waals surface area contributed by atoms with E-state index in [1.54, 1.807) is 0 Å². The Labute approximate surface area is 228 Å². The number of fused-ring (bicyclic) bond motifs is 5. The van der Waals surface area contributed by atoms with E-state index in [9.17, 15) is 23.4 Å². The first-order valence-corrected chi connectivity index (χ1v) is 16.1. The maximum atomic E-state index is 12.6. The van der Waals surface area contributed by atoms with Crippen molar-refractivity contribution in [1.29, 1.82) is 0 Å². The number of anilines is 1. The molecule has 0 aromatic heterocycles. The van der Waals surface area contributed by atoms with Crippen LogP contribution in [-0.4, -0.2) is 36.7 Å². The van der Waals surface area contributed by atoms with Gasteiger partial charge in [-0.15, -0.1) is 0 Å². The third-order valence-electron chi connectivity index (χ3n) is 11.8. The van der Waals surface area contributed by atoms with Crippen LogP contribution in [0.2, 0.25) is 0 Å². The summed E-state index contributed by atoms with van der Waals surface area (Å²) >= 11 is 0. The quantitative estimate of drug-likeness (QED) is 0.389. The third kappa shape index (κ3) is 4.68. The van der Waals surface area contributed by atoms with Crippen molar-refractivity contribution >= 4 is 21.6 Å². The van der Waals surface area contributed by atoms with Crippen LogP contribution in [0.3, 0.4) is 0 Å². The number of hydrogen-bond acceptors (Lipinski definition) is 6. The lowest BCUT2D eigenvalue weighted by molar-refractivity contribution is -0.174. The molecule has 0 spiro atoms. The van der Waals surface area contributed by atoms with Gasteiger partial charge in [0.1, 0.15) is 0 Å². The van der Waals surface area contributed by atoms with Gasteiger partial charge in [-0.1, -0.05) is 20.8 Å².